The minimum absolute atomic E-state index is 0.0527. The van der Waals surface area contributed by atoms with Crippen LogP contribution < -0.4 is 14.8 Å². The SMILES string of the molecule is CCn1c(SC(C)C(=O)Nc2cccc(C(C)=O)c2)nnc1C(C)Oc1ccc(OC)cc1. The quantitative estimate of drug-likeness (QED) is 0.338. The summed E-state index contributed by atoms with van der Waals surface area (Å²) in [5.41, 5.74) is 1.13. The van der Waals surface area contributed by atoms with E-state index in [0.29, 0.717) is 34.5 Å². The van der Waals surface area contributed by atoms with E-state index in [4.69, 9.17) is 9.47 Å². The van der Waals surface area contributed by atoms with Crippen molar-refractivity contribution in [2.24, 2.45) is 0 Å². The molecule has 3 rings (SSSR count). The molecule has 0 saturated carbocycles. The highest BCUT2D eigenvalue weighted by Gasteiger charge is 2.23. The van der Waals surface area contributed by atoms with Crippen molar-refractivity contribution in [3.05, 3.63) is 59.9 Å². The number of carbonyl (C=O) groups is 2. The molecule has 2 atom stereocenters. The molecule has 2 aromatic carbocycles. The van der Waals surface area contributed by atoms with Crippen molar-refractivity contribution < 1.29 is 19.1 Å². The summed E-state index contributed by atoms with van der Waals surface area (Å²) in [5, 5.41) is 11.7. The summed E-state index contributed by atoms with van der Waals surface area (Å²) in [6.07, 6.45) is -0.335. The van der Waals surface area contributed by atoms with Crippen LogP contribution in [0.4, 0.5) is 5.69 Å². The van der Waals surface area contributed by atoms with Crippen LogP contribution in [-0.4, -0.2) is 38.8 Å². The lowest BCUT2D eigenvalue weighted by Gasteiger charge is -2.17. The maximum Gasteiger partial charge on any atom is 0.237 e. The molecule has 0 aliphatic rings. The number of ether oxygens (including phenoxy) is 2. The van der Waals surface area contributed by atoms with Gasteiger partial charge in [0.2, 0.25) is 5.91 Å². The lowest BCUT2D eigenvalue weighted by molar-refractivity contribution is -0.115. The third kappa shape index (κ3) is 6.13. The third-order valence-corrected chi connectivity index (χ3v) is 6.07. The van der Waals surface area contributed by atoms with Gasteiger partial charge in [0.1, 0.15) is 11.5 Å². The van der Waals surface area contributed by atoms with Crippen molar-refractivity contribution in [2.75, 3.05) is 12.4 Å². The van der Waals surface area contributed by atoms with Crippen molar-refractivity contribution in [1.82, 2.24) is 14.8 Å². The molecule has 0 aliphatic carbocycles. The number of benzene rings is 2. The largest absolute Gasteiger partial charge is 0.497 e. The van der Waals surface area contributed by atoms with Crippen LogP contribution in [0.1, 0.15) is 50.0 Å². The first-order valence-corrected chi connectivity index (χ1v) is 11.5. The Morgan fingerprint density at radius 1 is 1.09 bits per heavy atom. The number of aromatic nitrogens is 3. The molecule has 0 bridgehead atoms. The number of ketones is 1. The first kappa shape index (κ1) is 24.3. The number of methoxy groups -OCH3 is 1. The van der Waals surface area contributed by atoms with Crippen molar-refractivity contribution >= 4 is 29.1 Å². The van der Waals surface area contributed by atoms with E-state index in [1.165, 1.54) is 18.7 Å². The van der Waals surface area contributed by atoms with Gasteiger partial charge in [-0.3, -0.25) is 9.59 Å². The van der Waals surface area contributed by atoms with Crippen LogP contribution in [-0.2, 0) is 11.3 Å². The Kier molecular flexibility index (Phi) is 8.11. The van der Waals surface area contributed by atoms with Gasteiger partial charge in [-0.25, -0.2) is 0 Å². The van der Waals surface area contributed by atoms with Gasteiger partial charge in [0.05, 0.1) is 12.4 Å². The van der Waals surface area contributed by atoms with Crippen LogP contribution in [0, 0.1) is 0 Å². The van der Waals surface area contributed by atoms with E-state index in [1.54, 1.807) is 38.3 Å². The monoisotopic (exact) mass is 468 g/mol. The van der Waals surface area contributed by atoms with Crippen LogP contribution >= 0.6 is 11.8 Å². The maximum absolute atomic E-state index is 12.7. The molecule has 1 heterocycles. The molecule has 2 unspecified atom stereocenters. The van der Waals surface area contributed by atoms with Gasteiger partial charge in [-0.2, -0.15) is 0 Å². The predicted octanol–water partition coefficient (Wildman–Crippen LogP) is 4.77. The van der Waals surface area contributed by atoms with Crippen molar-refractivity contribution in [3.8, 4) is 11.5 Å². The Labute approximate surface area is 197 Å². The summed E-state index contributed by atoms with van der Waals surface area (Å²) >= 11 is 1.32. The van der Waals surface area contributed by atoms with Crippen LogP contribution in [0.5, 0.6) is 11.5 Å². The number of hydrogen-bond donors (Lipinski definition) is 1. The molecule has 174 valence electrons. The number of amides is 1. The second-order valence-electron chi connectivity index (χ2n) is 7.41. The maximum atomic E-state index is 12.7. The zero-order chi connectivity index (χ0) is 24.0. The minimum atomic E-state index is -0.425. The smallest absolute Gasteiger partial charge is 0.237 e. The van der Waals surface area contributed by atoms with Crippen molar-refractivity contribution in [3.63, 3.8) is 0 Å². The first-order chi connectivity index (χ1) is 15.8. The topological polar surface area (TPSA) is 95.3 Å². The zero-order valence-electron chi connectivity index (χ0n) is 19.4. The molecule has 33 heavy (non-hydrogen) atoms. The van der Waals surface area contributed by atoms with Gasteiger partial charge < -0.3 is 19.4 Å². The van der Waals surface area contributed by atoms with E-state index in [0.717, 1.165) is 5.75 Å². The molecule has 0 radical (unpaired) electrons. The van der Waals surface area contributed by atoms with Gasteiger partial charge in [0, 0.05) is 17.8 Å². The summed E-state index contributed by atoms with van der Waals surface area (Å²) in [4.78, 5) is 24.3. The molecule has 0 spiro atoms. The van der Waals surface area contributed by atoms with Crippen LogP contribution in [0.2, 0.25) is 0 Å². The van der Waals surface area contributed by atoms with E-state index >= 15 is 0 Å². The summed E-state index contributed by atoms with van der Waals surface area (Å²) in [7, 11) is 1.62. The molecule has 1 amide bonds. The van der Waals surface area contributed by atoms with Crippen LogP contribution in [0.15, 0.2) is 53.7 Å². The van der Waals surface area contributed by atoms with Gasteiger partial charge in [0.15, 0.2) is 22.9 Å². The van der Waals surface area contributed by atoms with Crippen LogP contribution in [0.3, 0.4) is 0 Å². The highest BCUT2D eigenvalue weighted by atomic mass is 32.2. The van der Waals surface area contributed by atoms with Crippen molar-refractivity contribution in [1.29, 1.82) is 0 Å². The fraction of sp³-hybridized carbons (Fsp3) is 0.333. The number of nitrogens with zero attached hydrogens (tertiary/aromatic N) is 3. The van der Waals surface area contributed by atoms with Gasteiger partial charge in [-0.05, 0) is 64.1 Å². The van der Waals surface area contributed by atoms with Gasteiger partial charge in [-0.1, -0.05) is 23.9 Å². The fourth-order valence-electron chi connectivity index (χ4n) is 3.17. The Hall–Kier alpha value is -3.33. The number of hydrogen-bond acceptors (Lipinski definition) is 7. The molecular formula is C24H28N4O4S. The number of anilines is 1. The second-order valence-corrected chi connectivity index (χ2v) is 8.71. The van der Waals surface area contributed by atoms with Gasteiger partial charge in [0.25, 0.3) is 0 Å². The molecular weight excluding hydrogens is 440 g/mol. The molecule has 1 N–H and O–H groups in total. The van der Waals surface area contributed by atoms with Crippen LogP contribution in [0.25, 0.3) is 0 Å². The molecule has 1 aromatic heterocycles. The number of Topliss-reactive ketones (excluding diaryl/α,β-unsaturated/α-hetero) is 1. The van der Waals surface area contributed by atoms with E-state index in [2.05, 4.69) is 15.5 Å². The van der Waals surface area contributed by atoms with E-state index < -0.39 is 5.25 Å². The summed E-state index contributed by atoms with van der Waals surface area (Å²) in [6, 6.07) is 14.2. The first-order valence-electron chi connectivity index (χ1n) is 10.6. The predicted molar refractivity (Wildman–Crippen MR) is 128 cm³/mol. The average molecular weight is 469 g/mol. The highest BCUT2D eigenvalue weighted by Crippen LogP contribution is 2.28. The summed E-state index contributed by atoms with van der Waals surface area (Å²) in [5.74, 6) is 1.89. The highest BCUT2D eigenvalue weighted by molar-refractivity contribution is 8.00. The minimum Gasteiger partial charge on any atom is -0.497 e. The molecule has 9 heteroatoms. The van der Waals surface area contributed by atoms with Gasteiger partial charge in [-0.15, -0.1) is 10.2 Å². The standard InChI is InChI=1S/C24H28N4O4S/c1-6-28-22(16(3)32-21-12-10-20(31-5)11-13-21)26-27-24(28)33-17(4)23(30)25-19-9-7-8-18(14-19)15(2)29/h7-14,16-17H,6H2,1-5H3,(H,25,30). The molecule has 0 aliphatic heterocycles. The molecule has 8 nitrogen and oxygen atoms in total. The number of rotatable bonds is 10. The van der Waals surface area contributed by atoms with E-state index in [9.17, 15) is 9.59 Å². The number of carbonyl (C=O) groups excluding carboxylic acids is 2. The van der Waals surface area contributed by atoms with E-state index in [-0.39, 0.29) is 17.8 Å². The molecule has 0 fully saturated rings. The van der Waals surface area contributed by atoms with Crippen molar-refractivity contribution in [2.45, 2.75) is 50.8 Å². The Bertz CT molecular complexity index is 1110. The Balaban J connectivity index is 1.67. The van der Waals surface area contributed by atoms with Gasteiger partial charge >= 0.3 is 0 Å². The lowest BCUT2D eigenvalue weighted by atomic mass is 10.1. The zero-order valence-corrected chi connectivity index (χ0v) is 20.2. The normalized spacial score (nSPS) is 12.6. The van der Waals surface area contributed by atoms with E-state index in [1.807, 2.05) is 42.7 Å². The summed E-state index contributed by atoms with van der Waals surface area (Å²) < 4.78 is 13.1. The summed E-state index contributed by atoms with van der Waals surface area (Å²) in [6.45, 7) is 7.84. The number of thioether (sulfide) groups is 1. The molecule has 3 aromatic rings. The third-order valence-electron chi connectivity index (χ3n) is 4.99. The second kappa shape index (κ2) is 11.0. The average Bonchev–Trinajstić information content (AvgIpc) is 3.22. The fourth-order valence-corrected chi connectivity index (χ4v) is 4.09. The number of nitrogens with one attached hydrogen (secondary N) is 1. The lowest BCUT2D eigenvalue weighted by Crippen LogP contribution is -2.23. The molecule has 0 saturated heterocycles. The Morgan fingerprint density at radius 2 is 1.79 bits per heavy atom. The Morgan fingerprint density at radius 3 is 2.42 bits per heavy atom.